The Hall–Kier alpha value is -2.02. The van der Waals surface area contributed by atoms with Crippen molar-refractivity contribution in [2.45, 2.75) is 64.0 Å². The van der Waals surface area contributed by atoms with E-state index in [2.05, 4.69) is 13.8 Å². The third-order valence-electron chi connectivity index (χ3n) is 6.21. The first-order valence-corrected chi connectivity index (χ1v) is 10.3. The van der Waals surface area contributed by atoms with E-state index in [1.165, 1.54) is 10.8 Å². The van der Waals surface area contributed by atoms with Gasteiger partial charge in [0.05, 0.1) is 24.9 Å². The van der Waals surface area contributed by atoms with Crippen LogP contribution in [0.15, 0.2) is 35.3 Å². The second-order valence-electron chi connectivity index (χ2n) is 9.16. The highest BCUT2D eigenvalue weighted by Gasteiger charge is 2.38. The summed E-state index contributed by atoms with van der Waals surface area (Å²) in [4.78, 5) is 25.7. The number of fused-ring (bicyclic) bond motifs is 1. The van der Waals surface area contributed by atoms with E-state index in [9.17, 15) is 24.9 Å². The largest absolute Gasteiger partial charge is 0.394 e. The number of aliphatic hydroxyl groups is 3. The van der Waals surface area contributed by atoms with Gasteiger partial charge in [0.25, 0.3) is 5.56 Å². The number of rotatable bonds is 7. The van der Waals surface area contributed by atoms with Crippen molar-refractivity contribution in [2.75, 3.05) is 13.2 Å². The molecule has 1 aliphatic carbocycles. The van der Waals surface area contributed by atoms with Gasteiger partial charge in [-0.1, -0.05) is 32.4 Å². The summed E-state index contributed by atoms with van der Waals surface area (Å²) < 4.78 is 1.30. The number of aliphatic hydroxyl groups excluding tert-OH is 2. The average Bonchev–Trinajstić information content (AvgIpc) is 2.67. The van der Waals surface area contributed by atoms with Crippen LogP contribution in [0.5, 0.6) is 0 Å². The minimum atomic E-state index is -0.815. The third-order valence-corrected chi connectivity index (χ3v) is 6.21. The molecule has 2 aromatic rings. The second kappa shape index (κ2) is 8.38. The fourth-order valence-corrected chi connectivity index (χ4v) is 4.72. The molecule has 0 radical (unpaired) electrons. The van der Waals surface area contributed by atoms with Crippen molar-refractivity contribution >= 4 is 16.6 Å². The van der Waals surface area contributed by atoms with Gasteiger partial charge in [0.1, 0.15) is 0 Å². The van der Waals surface area contributed by atoms with E-state index in [4.69, 9.17) is 0 Å². The van der Waals surface area contributed by atoms with Gasteiger partial charge in [0.15, 0.2) is 5.78 Å². The van der Waals surface area contributed by atoms with Crippen molar-refractivity contribution < 1.29 is 20.1 Å². The Morgan fingerprint density at radius 3 is 2.52 bits per heavy atom. The predicted octanol–water partition coefficient (Wildman–Crippen LogP) is 2.82. The molecule has 0 amide bonds. The second-order valence-corrected chi connectivity index (χ2v) is 9.16. The molecule has 1 aromatic heterocycles. The van der Waals surface area contributed by atoms with Gasteiger partial charge in [-0.2, -0.15) is 0 Å². The minimum Gasteiger partial charge on any atom is -0.394 e. The Morgan fingerprint density at radius 1 is 1.14 bits per heavy atom. The summed E-state index contributed by atoms with van der Waals surface area (Å²) in [6.07, 6.45) is 5.61. The maximum atomic E-state index is 12.9. The fourth-order valence-electron chi connectivity index (χ4n) is 4.72. The Labute approximate surface area is 170 Å². The predicted molar refractivity (Wildman–Crippen MR) is 112 cm³/mol. The molecule has 3 N–H and O–H groups in total. The molecule has 6 heteroatoms. The van der Waals surface area contributed by atoms with E-state index < -0.39 is 11.6 Å². The molecule has 1 heterocycles. The number of Topliss-reactive ketones (excluding diaryl/α,β-unsaturated/α-hetero) is 1. The molecule has 1 atom stereocenters. The third kappa shape index (κ3) is 4.60. The molecular formula is C23H31NO5. The van der Waals surface area contributed by atoms with Crippen LogP contribution in [0.4, 0.5) is 0 Å². The molecule has 0 aliphatic heterocycles. The van der Waals surface area contributed by atoms with Gasteiger partial charge in [-0.15, -0.1) is 0 Å². The van der Waals surface area contributed by atoms with Gasteiger partial charge in [-0.25, -0.2) is 0 Å². The first-order chi connectivity index (χ1) is 13.7. The van der Waals surface area contributed by atoms with Crippen LogP contribution in [0.2, 0.25) is 0 Å². The normalized spacial score (nSPS) is 21.6. The highest BCUT2D eigenvalue weighted by atomic mass is 16.3. The van der Waals surface area contributed by atoms with Crippen LogP contribution in [-0.2, 0) is 0 Å². The zero-order chi connectivity index (χ0) is 21.2. The number of ketones is 1. The maximum Gasteiger partial charge on any atom is 0.258 e. The van der Waals surface area contributed by atoms with Crippen molar-refractivity contribution in [3.8, 4) is 0 Å². The van der Waals surface area contributed by atoms with Crippen LogP contribution in [0.1, 0.15) is 68.8 Å². The zero-order valence-electron chi connectivity index (χ0n) is 17.2. The van der Waals surface area contributed by atoms with Gasteiger partial charge in [-0.3, -0.25) is 9.59 Å². The molecule has 1 aliphatic rings. The fraction of sp³-hybridized carbons (Fsp3) is 0.565. The number of hydrogen-bond donors (Lipinski definition) is 3. The van der Waals surface area contributed by atoms with Crippen molar-refractivity contribution in [2.24, 2.45) is 5.41 Å². The first-order valence-electron chi connectivity index (χ1n) is 10.3. The number of aromatic nitrogens is 1. The van der Waals surface area contributed by atoms with Crippen LogP contribution in [-0.4, -0.2) is 44.5 Å². The summed E-state index contributed by atoms with van der Waals surface area (Å²) in [5.74, 6) is -0.0922. The summed E-state index contributed by atoms with van der Waals surface area (Å²) in [5.41, 5.74) is -0.617. The number of nitrogens with zero attached hydrogens (tertiary/aromatic N) is 1. The zero-order valence-corrected chi connectivity index (χ0v) is 17.2. The number of hydrogen-bond acceptors (Lipinski definition) is 5. The summed E-state index contributed by atoms with van der Waals surface area (Å²) in [5, 5.41) is 30.6. The monoisotopic (exact) mass is 401 g/mol. The lowest BCUT2D eigenvalue weighted by Gasteiger charge is -2.41. The highest BCUT2D eigenvalue weighted by Crippen LogP contribution is 2.43. The Balaban J connectivity index is 1.85. The van der Waals surface area contributed by atoms with Crippen molar-refractivity contribution in [1.82, 2.24) is 4.57 Å². The Bertz CT molecular complexity index is 944. The maximum absolute atomic E-state index is 12.9. The lowest BCUT2D eigenvalue weighted by atomic mass is 9.68. The summed E-state index contributed by atoms with van der Waals surface area (Å²) in [7, 11) is 0. The lowest BCUT2D eigenvalue weighted by molar-refractivity contribution is -0.0449. The highest BCUT2D eigenvalue weighted by molar-refractivity contribution is 6.07. The molecule has 0 spiro atoms. The average molecular weight is 402 g/mol. The van der Waals surface area contributed by atoms with Gasteiger partial charge in [0.2, 0.25) is 0 Å². The van der Waals surface area contributed by atoms with E-state index in [1.807, 2.05) is 0 Å². The molecule has 6 nitrogen and oxygen atoms in total. The molecule has 0 saturated heterocycles. The Kier molecular flexibility index (Phi) is 6.27. The molecule has 158 valence electrons. The summed E-state index contributed by atoms with van der Waals surface area (Å²) >= 11 is 0. The van der Waals surface area contributed by atoms with Gasteiger partial charge < -0.3 is 19.9 Å². The molecular weight excluding hydrogens is 370 g/mol. The van der Waals surface area contributed by atoms with E-state index in [0.29, 0.717) is 35.6 Å². The lowest BCUT2D eigenvalue weighted by Crippen LogP contribution is -2.39. The van der Waals surface area contributed by atoms with Crippen molar-refractivity contribution in [3.05, 3.63) is 46.4 Å². The minimum absolute atomic E-state index is 0.0799. The molecule has 0 bridgehead atoms. The first kappa shape index (κ1) is 21.7. The van der Waals surface area contributed by atoms with Crippen LogP contribution in [0, 0.1) is 5.41 Å². The van der Waals surface area contributed by atoms with Crippen molar-refractivity contribution in [3.63, 3.8) is 0 Å². The smallest absolute Gasteiger partial charge is 0.258 e. The van der Waals surface area contributed by atoms with Crippen LogP contribution >= 0.6 is 0 Å². The van der Waals surface area contributed by atoms with E-state index in [1.54, 1.807) is 24.3 Å². The van der Waals surface area contributed by atoms with E-state index in [0.717, 1.165) is 12.8 Å². The molecule has 1 saturated carbocycles. The van der Waals surface area contributed by atoms with E-state index >= 15 is 0 Å². The molecule has 1 unspecified atom stereocenters. The van der Waals surface area contributed by atoms with Crippen LogP contribution in [0.3, 0.4) is 0 Å². The summed E-state index contributed by atoms with van der Waals surface area (Å²) in [6.45, 7) is 3.60. The molecule has 29 heavy (non-hydrogen) atoms. The Morgan fingerprint density at radius 2 is 1.86 bits per heavy atom. The van der Waals surface area contributed by atoms with Gasteiger partial charge >= 0.3 is 0 Å². The van der Waals surface area contributed by atoms with E-state index in [-0.39, 0.29) is 36.4 Å². The van der Waals surface area contributed by atoms with Crippen LogP contribution < -0.4 is 5.56 Å². The summed E-state index contributed by atoms with van der Waals surface area (Å²) in [6, 6.07) is 6.00. The molecule has 1 fully saturated rings. The molecule has 1 aromatic carbocycles. The molecule has 3 rings (SSSR count). The van der Waals surface area contributed by atoms with Gasteiger partial charge in [-0.05, 0) is 48.6 Å². The topological polar surface area (TPSA) is 99.8 Å². The van der Waals surface area contributed by atoms with Gasteiger partial charge in [0, 0.05) is 23.6 Å². The SMILES string of the molecule is CC1(C)CCCC(O)(CCC(=O)c2cccc3c(=O)n(C(CO)CO)ccc23)C1. The van der Waals surface area contributed by atoms with Crippen molar-refractivity contribution in [1.29, 1.82) is 0 Å². The number of benzene rings is 1. The number of pyridine rings is 1. The number of carbonyl (C=O) groups is 1. The standard InChI is InChI=1S/C23H31NO5/c1-22(2)9-4-10-23(29,15-22)11-7-20(27)18-5-3-6-19-17(18)8-12-24(21(19)28)16(13-25)14-26/h3,5-6,8,12,16,25-26,29H,4,7,9-11,13-15H2,1-2H3. The van der Waals surface area contributed by atoms with Crippen LogP contribution in [0.25, 0.3) is 10.8 Å². The quantitative estimate of drug-likeness (QED) is 0.620. The number of carbonyl (C=O) groups excluding carboxylic acids is 1.